The Balaban J connectivity index is 2.01. The number of carbonyl (C=O) groups is 2. The Bertz CT molecular complexity index is 1170. The van der Waals surface area contributed by atoms with E-state index in [0.717, 1.165) is 5.52 Å². The van der Waals surface area contributed by atoms with Gasteiger partial charge in [0.05, 0.1) is 51.1 Å². The highest BCUT2D eigenvalue weighted by Gasteiger charge is 2.48. The molecule has 0 saturated carbocycles. The normalized spacial score (nSPS) is 17.7. The third-order valence-electron chi connectivity index (χ3n) is 5.76. The van der Waals surface area contributed by atoms with Gasteiger partial charge in [-0.15, -0.1) is 0 Å². The maximum absolute atomic E-state index is 13.7. The summed E-state index contributed by atoms with van der Waals surface area (Å²) in [7, 11) is 4.67. The number of para-hydroxylation sites is 2. The fraction of sp³-hybridized carbons (Fsp3) is 0.375. The first-order valence-corrected chi connectivity index (χ1v) is 10.7. The largest absolute Gasteiger partial charge is 0.497 e. The zero-order valence-electron chi connectivity index (χ0n) is 19.1. The number of rotatable bonds is 8. The number of hydrogen-bond donors (Lipinski definition) is 0. The highest BCUT2D eigenvalue weighted by atomic mass is 16.5. The van der Waals surface area contributed by atoms with E-state index >= 15 is 0 Å². The van der Waals surface area contributed by atoms with E-state index in [4.69, 9.17) is 23.9 Å². The Hall–Kier alpha value is -3.59. The molecular weight excluding hydrogens is 426 g/mol. The van der Waals surface area contributed by atoms with Crippen molar-refractivity contribution in [2.24, 2.45) is 5.92 Å². The molecule has 0 fully saturated rings. The summed E-state index contributed by atoms with van der Waals surface area (Å²) in [5, 5.41) is 0. The van der Waals surface area contributed by atoms with Gasteiger partial charge < -0.3 is 23.5 Å². The molecule has 0 saturated heterocycles. The summed E-state index contributed by atoms with van der Waals surface area (Å²) >= 11 is 0. The number of fused-ring (bicyclic) bond motifs is 3. The molecule has 0 radical (unpaired) electrons. The van der Waals surface area contributed by atoms with E-state index in [1.807, 2.05) is 34.9 Å². The summed E-state index contributed by atoms with van der Waals surface area (Å²) in [6.07, 6.45) is 0. The van der Waals surface area contributed by atoms with Gasteiger partial charge in [0.25, 0.3) is 0 Å². The summed E-state index contributed by atoms with van der Waals surface area (Å²) in [5.74, 6) is -0.582. The van der Waals surface area contributed by atoms with Crippen molar-refractivity contribution in [1.82, 2.24) is 9.55 Å². The SMILES string of the molecule is CCOC(=O)[C@H]1C(=O)N(CCOC)c2nc3ccccc3n2[C@H]1c1ccc(OC)cc1OC. The molecule has 3 aromatic rings. The van der Waals surface area contributed by atoms with Gasteiger partial charge in [-0.1, -0.05) is 12.1 Å². The fourth-order valence-corrected chi connectivity index (χ4v) is 4.28. The summed E-state index contributed by atoms with van der Waals surface area (Å²) in [6, 6.07) is 12.2. The second-order valence-electron chi connectivity index (χ2n) is 7.54. The molecule has 0 unspecified atom stereocenters. The standard InChI is InChI=1S/C24H27N3O6/c1-5-33-23(29)20-21(16-11-10-15(31-3)14-19(16)32-4)27-18-9-7-6-8-17(18)25-24(27)26(22(20)28)12-13-30-2/h6-11,14,20-21H,5,12-13H2,1-4H3/t20-,21+/m1/s1. The fourth-order valence-electron chi connectivity index (χ4n) is 4.28. The zero-order chi connectivity index (χ0) is 23.5. The monoisotopic (exact) mass is 453 g/mol. The Morgan fingerprint density at radius 3 is 2.58 bits per heavy atom. The topological polar surface area (TPSA) is 92.1 Å². The van der Waals surface area contributed by atoms with Gasteiger partial charge in [0, 0.05) is 18.7 Å². The highest BCUT2D eigenvalue weighted by molar-refractivity contribution is 6.08. The van der Waals surface area contributed by atoms with Crippen LogP contribution in [0.5, 0.6) is 11.5 Å². The van der Waals surface area contributed by atoms with E-state index in [2.05, 4.69) is 0 Å². The number of esters is 1. The van der Waals surface area contributed by atoms with Crippen LogP contribution in [0.25, 0.3) is 11.0 Å². The lowest BCUT2D eigenvalue weighted by atomic mass is 9.88. The third kappa shape index (κ3) is 3.89. The molecule has 9 heteroatoms. The zero-order valence-corrected chi connectivity index (χ0v) is 19.1. The summed E-state index contributed by atoms with van der Waals surface area (Å²) < 4.78 is 23.5. The van der Waals surface area contributed by atoms with Crippen molar-refractivity contribution in [3.63, 3.8) is 0 Å². The summed E-state index contributed by atoms with van der Waals surface area (Å²) in [5.41, 5.74) is 2.16. The second-order valence-corrected chi connectivity index (χ2v) is 7.54. The van der Waals surface area contributed by atoms with Crippen molar-refractivity contribution < 1.29 is 28.5 Å². The summed E-state index contributed by atoms with van der Waals surface area (Å²) in [4.78, 5) is 33.2. The first kappa shape index (κ1) is 22.6. The van der Waals surface area contributed by atoms with E-state index in [1.54, 1.807) is 40.4 Å². The predicted molar refractivity (Wildman–Crippen MR) is 122 cm³/mol. The molecule has 174 valence electrons. The van der Waals surface area contributed by atoms with Gasteiger partial charge in [0.1, 0.15) is 11.5 Å². The van der Waals surface area contributed by atoms with Crippen LogP contribution in [-0.2, 0) is 19.1 Å². The average molecular weight is 453 g/mol. The van der Waals surface area contributed by atoms with Crippen molar-refractivity contribution in [2.45, 2.75) is 13.0 Å². The van der Waals surface area contributed by atoms with Gasteiger partial charge in [0.15, 0.2) is 5.92 Å². The molecule has 1 aromatic heterocycles. The molecule has 2 aromatic carbocycles. The number of nitrogens with zero attached hydrogens (tertiary/aromatic N) is 3. The average Bonchev–Trinajstić information content (AvgIpc) is 3.21. The smallest absolute Gasteiger partial charge is 0.321 e. The van der Waals surface area contributed by atoms with Crippen LogP contribution in [0.1, 0.15) is 18.5 Å². The van der Waals surface area contributed by atoms with E-state index in [1.165, 1.54) is 4.90 Å². The van der Waals surface area contributed by atoms with Crippen molar-refractivity contribution >= 4 is 28.9 Å². The molecule has 0 N–H and O–H groups in total. The van der Waals surface area contributed by atoms with Gasteiger partial charge in [-0.25, -0.2) is 4.98 Å². The first-order valence-electron chi connectivity index (χ1n) is 10.7. The van der Waals surface area contributed by atoms with Gasteiger partial charge in [-0.3, -0.25) is 14.5 Å². The minimum absolute atomic E-state index is 0.157. The number of carbonyl (C=O) groups excluding carboxylic acids is 2. The molecule has 2 atom stereocenters. The van der Waals surface area contributed by atoms with E-state index < -0.39 is 23.8 Å². The van der Waals surface area contributed by atoms with Crippen molar-refractivity contribution in [3.8, 4) is 11.5 Å². The third-order valence-corrected chi connectivity index (χ3v) is 5.76. The Kier molecular flexibility index (Phi) is 6.50. The Morgan fingerprint density at radius 1 is 1.09 bits per heavy atom. The van der Waals surface area contributed by atoms with Crippen LogP contribution in [-0.4, -0.2) is 62.5 Å². The molecule has 1 aliphatic rings. The number of imidazole rings is 1. The van der Waals surface area contributed by atoms with Crippen LogP contribution < -0.4 is 14.4 Å². The first-order chi connectivity index (χ1) is 16.0. The number of anilines is 1. The maximum Gasteiger partial charge on any atom is 0.321 e. The number of amides is 1. The lowest BCUT2D eigenvalue weighted by molar-refractivity contribution is -0.153. The van der Waals surface area contributed by atoms with Crippen molar-refractivity contribution in [3.05, 3.63) is 48.0 Å². The van der Waals surface area contributed by atoms with Crippen LogP contribution in [0.15, 0.2) is 42.5 Å². The molecule has 0 bridgehead atoms. The van der Waals surface area contributed by atoms with Gasteiger partial charge >= 0.3 is 5.97 Å². The molecule has 1 aliphatic heterocycles. The highest BCUT2D eigenvalue weighted by Crippen LogP contribution is 2.44. The van der Waals surface area contributed by atoms with Gasteiger partial charge in [-0.05, 0) is 31.2 Å². The van der Waals surface area contributed by atoms with Crippen LogP contribution in [0, 0.1) is 5.92 Å². The number of methoxy groups -OCH3 is 3. The van der Waals surface area contributed by atoms with Crippen LogP contribution in [0.2, 0.25) is 0 Å². The Morgan fingerprint density at radius 2 is 1.88 bits per heavy atom. The minimum atomic E-state index is -1.13. The lowest BCUT2D eigenvalue weighted by Gasteiger charge is -2.38. The molecule has 0 spiro atoms. The number of aromatic nitrogens is 2. The maximum atomic E-state index is 13.7. The van der Waals surface area contributed by atoms with Gasteiger partial charge in [0.2, 0.25) is 11.9 Å². The number of ether oxygens (including phenoxy) is 4. The molecule has 33 heavy (non-hydrogen) atoms. The van der Waals surface area contributed by atoms with E-state index in [-0.39, 0.29) is 13.2 Å². The second kappa shape index (κ2) is 9.50. The van der Waals surface area contributed by atoms with Gasteiger partial charge in [-0.2, -0.15) is 0 Å². The van der Waals surface area contributed by atoms with E-state index in [9.17, 15) is 9.59 Å². The number of benzene rings is 2. The molecule has 1 amide bonds. The predicted octanol–water partition coefficient (Wildman–Crippen LogP) is 2.82. The molecule has 2 heterocycles. The minimum Gasteiger partial charge on any atom is -0.497 e. The molecule has 0 aliphatic carbocycles. The molecular formula is C24H27N3O6. The molecule has 9 nitrogen and oxygen atoms in total. The Labute approximate surface area is 191 Å². The van der Waals surface area contributed by atoms with Crippen LogP contribution in [0.4, 0.5) is 5.95 Å². The van der Waals surface area contributed by atoms with E-state index in [0.29, 0.717) is 35.1 Å². The lowest BCUT2D eigenvalue weighted by Crippen LogP contribution is -2.51. The van der Waals surface area contributed by atoms with Crippen LogP contribution >= 0.6 is 0 Å². The van der Waals surface area contributed by atoms with Crippen molar-refractivity contribution in [2.75, 3.05) is 46.0 Å². The summed E-state index contributed by atoms with van der Waals surface area (Å²) in [6.45, 7) is 2.42. The molecule has 4 rings (SSSR count). The van der Waals surface area contributed by atoms with Crippen LogP contribution in [0.3, 0.4) is 0 Å². The van der Waals surface area contributed by atoms with Crippen molar-refractivity contribution in [1.29, 1.82) is 0 Å². The quantitative estimate of drug-likeness (QED) is 0.383. The number of hydrogen-bond acceptors (Lipinski definition) is 7.